The number of carbonyl (C=O) groups is 2. The molecule has 3 aromatic rings. The van der Waals surface area contributed by atoms with E-state index in [-0.39, 0.29) is 24.2 Å². The summed E-state index contributed by atoms with van der Waals surface area (Å²) in [7, 11) is 3.10. The van der Waals surface area contributed by atoms with Gasteiger partial charge in [0.25, 0.3) is 11.5 Å². The molecule has 0 bridgehead atoms. The predicted octanol–water partition coefficient (Wildman–Crippen LogP) is 3.21. The van der Waals surface area contributed by atoms with Crippen LogP contribution in [0.1, 0.15) is 50.8 Å². The van der Waals surface area contributed by atoms with Crippen molar-refractivity contribution in [2.24, 2.45) is 4.99 Å². The van der Waals surface area contributed by atoms with Crippen LogP contribution < -0.4 is 29.1 Å². The fourth-order valence-electron chi connectivity index (χ4n) is 5.20. The van der Waals surface area contributed by atoms with E-state index in [1.807, 2.05) is 12.1 Å². The zero-order chi connectivity index (χ0) is 30.7. The Morgan fingerprint density at radius 3 is 2.42 bits per heavy atom. The van der Waals surface area contributed by atoms with Crippen molar-refractivity contribution < 1.29 is 28.5 Å². The smallest absolute Gasteiger partial charge is 0.338 e. The third kappa shape index (κ3) is 6.36. The van der Waals surface area contributed by atoms with Crippen molar-refractivity contribution in [2.45, 2.75) is 45.8 Å². The van der Waals surface area contributed by atoms with Crippen molar-refractivity contribution >= 4 is 29.3 Å². The highest BCUT2D eigenvalue weighted by molar-refractivity contribution is 7.07. The van der Waals surface area contributed by atoms with Gasteiger partial charge in [0.1, 0.15) is 5.75 Å². The zero-order valence-corrected chi connectivity index (χ0v) is 25.7. The number of allylic oxidation sites excluding steroid dienone is 1. The van der Waals surface area contributed by atoms with Crippen LogP contribution >= 0.6 is 11.3 Å². The SMILES string of the molecule is COc1ccc([C@@H]2C(C(=O)OC(C)C)=C(C)N=c3s/c(=C/c4ccc(OCC(=O)N5CCCC5)c(OC)c4)c(=O)n32)cc1. The molecular formula is C32H35N3O7S. The lowest BCUT2D eigenvalue weighted by atomic mass is 9.96. The van der Waals surface area contributed by atoms with Crippen LogP contribution in [-0.2, 0) is 14.3 Å². The molecule has 0 N–H and O–H groups in total. The van der Waals surface area contributed by atoms with Gasteiger partial charge in [-0.2, -0.15) is 0 Å². The maximum atomic E-state index is 13.9. The van der Waals surface area contributed by atoms with Gasteiger partial charge < -0.3 is 23.8 Å². The molecule has 2 aliphatic heterocycles. The molecule has 0 radical (unpaired) electrons. The highest BCUT2D eigenvalue weighted by Gasteiger charge is 2.34. The first-order valence-electron chi connectivity index (χ1n) is 14.2. The maximum absolute atomic E-state index is 13.9. The lowest BCUT2D eigenvalue weighted by molar-refractivity contribution is -0.143. The van der Waals surface area contributed by atoms with Gasteiger partial charge in [0.15, 0.2) is 22.9 Å². The van der Waals surface area contributed by atoms with Crippen LogP contribution in [0.25, 0.3) is 6.08 Å². The number of benzene rings is 2. The summed E-state index contributed by atoms with van der Waals surface area (Å²) in [4.78, 5) is 46.6. The number of thiazole rings is 1. The van der Waals surface area contributed by atoms with Crippen molar-refractivity contribution in [1.29, 1.82) is 0 Å². The largest absolute Gasteiger partial charge is 0.497 e. The number of methoxy groups -OCH3 is 2. The van der Waals surface area contributed by atoms with Crippen molar-refractivity contribution in [2.75, 3.05) is 33.9 Å². The first-order chi connectivity index (χ1) is 20.7. The van der Waals surface area contributed by atoms with Gasteiger partial charge in [-0.15, -0.1) is 0 Å². The highest BCUT2D eigenvalue weighted by atomic mass is 32.1. The number of hydrogen-bond acceptors (Lipinski definition) is 9. The van der Waals surface area contributed by atoms with Gasteiger partial charge in [0.2, 0.25) is 0 Å². The number of hydrogen-bond donors (Lipinski definition) is 0. The molecule has 1 atom stereocenters. The molecule has 5 rings (SSSR count). The molecule has 2 aliphatic rings. The lowest BCUT2D eigenvalue weighted by Crippen LogP contribution is -2.40. The van der Waals surface area contributed by atoms with E-state index in [1.165, 1.54) is 18.4 Å². The lowest BCUT2D eigenvalue weighted by Gasteiger charge is -2.25. The molecule has 0 unspecified atom stereocenters. The van der Waals surface area contributed by atoms with Gasteiger partial charge >= 0.3 is 5.97 Å². The van der Waals surface area contributed by atoms with E-state index in [0.29, 0.717) is 43.4 Å². The van der Waals surface area contributed by atoms with Crippen LogP contribution in [0.3, 0.4) is 0 Å². The Bertz CT molecular complexity index is 1730. The molecule has 226 valence electrons. The predicted molar refractivity (Wildman–Crippen MR) is 162 cm³/mol. The number of esters is 1. The first-order valence-corrected chi connectivity index (χ1v) is 15.0. The molecule has 2 aromatic carbocycles. The molecule has 0 spiro atoms. The summed E-state index contributed by atoms with van der Waals surface area (Å²) >= 11 is 1.24. The second-order valence-corrected chi connectivity index (χ2v) is 11.6. The standard InChI is InChI=1S/C32H35N3O7S/c1-19(2)42-31(38)28-20(3)33-32-35(29(28)22-9-11-23(39-4)12-10-22)30(37)26(43-32)17-21-8-13-24(25(16-21)40-5)41-18-27(36)34-14-6-7-15-34/h8-13,16-17,19,29H,6-7,14-15,18H2,1-5H3/b26-17+/t29-/m1/s1. The van der Waals surface area contributed by atoms with E-state index in [9.17, 15) is 14.4 Å². The third-order valence-corrected chi connectivity index (χ3v) is 8.29. The van der Waals surface area contributed by atoms with Gasteiger partial charge in [0, 0.05) is 13.1 Å². The second-order valence-electron chi connectivity index (χ2n) is 10.6. The summed E-state index contributed by atoms with van der Waals surface area (Å²) in [5.74, 6) is 0.974. The highest BCUT2D eigenvalue weighted by Crippen LogP contribution is 2.32. The van der Waals surface area contributed by atoms with Crippen LogP contribution in [0, 0.1) is 0 Å². The number of rotatable bonds is 9. The Balaban J connectivity index is 1.51. The number of amides is 1. The summed E-state index contributed by atoms with van der Waals surface area (Å²) in [6, 6.07) is 11.8. The topological polar surface area (TPSA) is 109 Å². The number of fused-ring (bicyclic) bond motifs is 1. The number of ether oxygens (including phenoxy) is 4. The minimum Gasteiger partial charge on any atom is -0.497 e. The van der Waals surface area contributed by atoms with Crippen LogP contribution in [0.4, 0.5) is 0 Å². The zero-order valence-electron chi connectivity index (χ0n) is 24.9. The summed E-state index contributed by atoms with van der Waals surface area (Å²) in [6.07, 6.45) is 3.44. The third-order valence-electron chi connectivity index (χ3n) is 7.31. The average molecular weight is 606 g/mol. The van der Waals surface area contributed by atoms with E-state index in [4.69, 9.17) is 18.9 Å². The molecule has 43 heavy (non-hydrogen) atoms. The Hall–Kier alpha value is -4.38. The molecule has 0 saturated carbocycles. The van der Waals surface area contributed by atoms with E-state index < -0.39 is 12.0 Å². The van der Waals surface area contributed by atoms with Crippen LogP contribution in [0.5, 0.6) is 17.2 Å². The van der Waals surface area contributed by atoms with Crippen LogP contribution in [-0.4, -0.2) is 61.4 Å². The van der Waals surface area contributed by atoms with Crippen molar-refractivity contribution in [3.8, 4) is 17.2 Å². The summed E-state index contributed by atoms with van der Waals surface area (Å²) < 4.78 is 24.2. The Morgan fingerprint density at radius 1 is 1.05 bits per heavy atom. The molecule has 1 aromatic heterocycles. The van der Waals surface area contributed by atoms with E-state index in [0.717, 1.165) is 31.5 Å². The number of nitrogens with zero attached hydrogens (tertiary/aromatic N) is 3. The quantitative estimate of drug-likeness (QED) is 0.345. The molecule has 1 fully saturated rings. The summed E-state index contributed by atoms with van der Waals surface area (Å²) in [6.45, 7) is 6.76. The molecule has 0 aliphatic carbocycles. The Morgan fingerprint density at radius 2 is 1.77 bits per heavy atom. The minimum atomic E-state index is -0.728. The fraction of sp³-hybridized carbons (Fsp3) is 0.375. The molecular weight excluding hydrogens is 570 g/mol. The molecule has 10 nitrogen and oxygen atoms in total. The summed E-state index contributed by atoms with van der Waals surface area (Å²) in [5.41, 5.74) is 1.94. The minimum absolute atomic E-state index is 0.0527. The molecule has 1 saturated heterocycles. The van der Waals surface area contributed by atoms with Gasteiger partial charge in [-0.1, -0.05) is 29.5 Å². The van der Waals surface area contributed by atoms with Crippen LogP contribution in [0.2, 0.25) is 0 Å². The van der Waals surface area contributed by atoms with E-state index >= 15 is 0 Å². The normalized spacial score (nSPS) is 16.7. The van der Waals surface area contributed by atoms with Crippen LogP contribution in [0.15, 0.2) is 63.5 Å². The monoisotopic (exact) mass is 605 g/mol. The average Bonchev–Trinajstić information content (AvgIpc) is 3.64. The Labute approximate surface area is 253 Å². The second kappa shape index (κ2) is 12.9. The van der Waals surface area contributed by atoms with Gasteiger partial charge in [0.05, 0.1) is 42.2 Å². The number of carbonyl (C=O) groups excluding carboxylic acids is 2. The van der Waals surface area contributed by atoms with Crippen molar-refractivity contribution in [3.05, 3.63) is 84.5 Å². The van der Waals surface area contributed by atoms with E-state index in [2.05, 4.69) is 4.99 Å². The van der Waals surface area contributed by atoms with E-state index in [1.54, 1.807) is 73.8 Å². The van der Waals surface area contributed by atoms with Gasteiger partial charge in [-0.05, 0) is 75.1 Å². The molecule has 11 heteroatoms. The number of likely N-dealkylation sites (tertiary alicyclic amines) is 1. The summed E-state index contributed by atoms with van der Waals surface area (Å²) in [5, 5.41) is 0. The van der Waals surface area contributed by atoms with Crippen molar-refractivity contribution in [1.82, 2.24) is 9.47 Å². The van der Waals surface area contributed by atoms with Crippen molar-refractivity contribution in [3.63, 3.8) is 0 Å². The Kier molecular flexibility index (Phi) is 9.00. The fourth-order valence-corrected chi connectivity index (χ4v) is 6.25. The number of aromatic nitrogens is 1. The first kappa shape index (κ1) is 30.1. The molecule has 3 heterocycles. The van der Waals surface area contributed by atoms with Gasteiger partial charge in [-0.25, -0.2) is 9.79 Å². The van der Waals surface area contributed by atoms with Gasteiger partial charge in [-0.3, -0.25) is 14.2 Å². The molecule has 1 amide bonds. The maximum Gasteiger partial charge on any atom is 0.338 e.